The molecule has 0 fully saturated rings. The van der Waals surface area contributed by atoms with Gasteiger partial charge in [-0.1, -0.05) is 5.16 Å². The van der Waals surface area contributed by atoms with Gasteiger partial charge in [0.2, 0.25) is 0 Å². The van der Waals surface area contributed by atoms with Crippen molar-refractivity contribution in [3.8, 4) is 0 Å². The molecule has 0 radical (unpaired) electrons. The highest BCUT2D eigenvalue weighted by Gasteiger charge is 2.08. The van der Waals surface area contributed by atoms with Crippen LogP contribution in [0.5, 0.6) is 0 Å². The van der Waals surface area contributed by atoms with Gasteiger partial charge in [-0.25, -0.2) is 4.98 Å². The molecule has 4 heteroatoms. The quantitative estimate of drug-likeness (QED) is 0.378. The van der Waals surface area contributed by atoms with E-state index in [1.54, 1.807) is 20.8 Å². The van der Waals surface area contributed by atoms with Crippen LogP contribution in [0.15, 0.2) is 9.57 Å². The first-order chi connectivity index (χ1) is 5.15. The molecule has 11 heavy (non-hydrogen) atoms. The van der Waals surface area contributed by atoms with E-state index in [2.05, 4.69) is 10.1 Å². The zero-order valence-electron chi connectivity index (χ0n) is 6.75. The molecule has 0 saturated heterocycles. The third-order valence-corrected chi connectivity index (χ3v) is 1.40. The fourth-order valence-corrected chi connectivity index (χ4v) is 0.912. The second kappa shape index (κ2) is 2.74. The Labute approximate surface area is 64.5 Å². The first kappa shape index (κ1) is 7.78. The fourth-order valence-electron chi connectivity index (χ4n) is 0.912. The molecule has 0 spiro atoms. The van der Waals surface area contributed by atoms with Gasteiger partial charge in [-0.15, -0.1) is 0 Å². The summed E-state index contributed by atoms with van der Waals surface area (Å²) in [5, 5.41) is 11.5. The number of rotatable bonds is 1. The Balaban J connectivity index is 3.13. The Bertz CT molecular complexity index is 289. The summed E-state index contributed by atoms with van der Waals surface area (Å²) in [6.07, 6.45) is 0. The van der Waals surface area contributed by atoms with Gasteiger partial charge in [0.15, 0.2) is 5.89 Å². The van der Waals surface area contributed by atoms with Crippen LogP contribution in [0, 0.1) is 13.8 Å². The zero-order valence-corrected chi connectivity index (χ0v) is 6.75. The number of hydrogen-bond donors (Lipinski definition) is 1. The van der Waals surface area contributed by atoms with Gasteiger partial charge in [0.1, 0.15) is 17.2 Å². The Kier molecular flexibility index (Phi) is 1.94. The van der Waals surface area contributed by atoms with E-state index in [1.165, 1.54) is 0 Å². The first-order valence-corrected chi connectivity index (χ1v) is 3.28. The van der Waals surface area contributed by atoms with Gasteiger partial charge >= 0.3 is 0 Å². The van der Waals surface area contributed by atoms with Gasteiger partial charge in [0, 0.05) is 6.92 Å². The van der Waals surface area contributed by atoms with Crippen LogP contribution in [0.1, 0.15) is 24.3 Å². The minimum Gasteiger partial charge on any atom is -0.446 e. The van der Waals surface area contributed by atoms with Gasteiger partial charge in [-0.05, 0) is 13.8 Å². The maximum Gasteiger partial charge on any atom is 0.191 e. The van der Waals surface area contributed by atoms with Crippen molar-refractivity contribution in [2.75, 3.05) is 0 Å². The summed E-state index contributed by atoms with van der Waals surface area (Å²) in [4.78, 5) is 4.02. The predicted molar refractivity (Wildman–Crippen MR) is 40.0 cm³/mol. The predicted octanol–water partition coefficient (Wildman–Crippen LogP) is 1.49. The van der Waals surface area contributed by atoms with Crippen molar-refractivity contribution in [1.29, 1.82) is 0 Å². The van der Waals surface area contributed by atoms with E-state index in [4.69, 9.17) is 9.62 Å². The van der Waals surface area contributed by atoms with E-state index in [-0.39, 0.29) is 0 Å². The minimum atomic E-state index is 0.472. The summed E-state index contributed by atoms with van der Waals surface area (Å²) >= 11 is 0. The van der Waals surface area contributed by atoms with Crippen LogP contribution in [0.4, 0.5) is 0 Å². The number of aryl methyl sites for hydroxylation is 2. The molecule has 0 bridgehead atoms. The topological polar surface area (TPSA) is 58.6 Å². The monoisotopic (exact) mass is 154 g/mol. The van der Waals surface area contributed by atoms with Crippen molar-refractivity contribution >= 4 is 5.71 Å². The molecule has 4 nitrogen and oxygen atoms in total. The molecule has 1 N–H and O–H groups in total. The molecule has 0 aliphatic heterocycles. The SMILES string of the molecule is C/C(=N\O)c1nc(C)oc1C. The molecule has 1 aromatic heterocycles. The largest absolute Gasteiger partial charge is 0.446 e. The average Bonchev–Trinajstić information content (AvgIpc) is 2.28. The molecule has 0 saturated carbocycles. The zero-order chi connectivity index (χ0) is 8.43. The second-order valence-electron chi connectivity index (χ2n) is 2.32. The summed E-state index contributed by atoms with van der Waals surface area (Å²) < 4.78 is 5.13. The summed E-state index contributed by atoms with van der Waals surface area (Å²) in [7, 11) is 0. The Morgan fingerprint density at radius 2 is 2.18 bits per heavy atom. The van der Waals surface area contributed by atoms with Crippen molar-refractivity contribution in [2.24, 2.45) is 5.16 Å². The third kappa shape index (κ3) is 1.39. The van der Waals surface area contributed by atoms with Crippen molar-refractivity contribution in [3.63, 3.8) is 0 Å². The van der Waals surface area contributed by atoms with Crippen molar-refractivity contribution < 1.29 is 9.62 Å². The molecule has 0 aromatic carbocycles. The second-order valence-corrected chi connectivity index (χ2v) is 2.32. The van der Waals surface area contributed by atoms with Gasteiger partial charge in [0.25, 0.3) is 0 Å². The summed E-state index contributed by atoms with van der Waals surface area (Å²) in [6.45, 7) is 5.20. The van der Waals surface area contributed by atoms with Gasteiger partial charge in [-0.2, -0.15) is 0 Å². The maximum atomic E-state index is 8.43. The molecule has 1 aromatic rings. The third-order valence-electron chi connectivity index (χ3n) is 1.40. The Hall–Kier alpha value is -1.32. The average molecular weight is 154 g/mol. The van der Waals surface area contributed by atoms with Crippen LogP contribution in [-0.2, 0) is 0 Å². The number of oxime groups is 1. The van der Waals surface area contributed by atoms with E-state index in [0.717, 1.165) is 0 Å². The molecular weight excluding hydrogens is 144 g/mol. The highest BCUT2D eigenvalue weighted by Crippen LogP contribution is 2.09. The van der Waals surface area contributed by atoms with Crippen LogP contribution in [0.3, 0.4) is 0 Å². The number of hydrogen-bond acceptors (Lipinski definition) is 4. The van der Waals surface area contributed by atoms with Crippen LogP contribution in [0.2, 0.25) is 0 Å². The van der Waals surface area contributed by atoms with Crippen molar-refractivity contribution in [1.82, 2.24) is 4.98 Å². The molecule has 0 amide bonds. The molecule has 0 atom stereocenters. The van der Waals surface area contributed by atoms with E-state index in [1.807, 2.05) is 0 Å². The van der Waals surface area contributed by atoms with E-state index in [0.29, 0.717) is 23.1 Å². The van der Waals surface area contributed by atoms with E-state index < -0.39 is 0 Å². The number of aromatic nitrogens is 1. The lowest BCUT2D eigenvalue weighted by Gasteiger charge is -1.89. The molecule has 60 valence electrons. The van der Waals surface area contributed by atoms with Crippen LogP contribution >= 0.6 is 0 Å². The Morgan fingerprint density at radius 1 is 1.55 bits per heavy atom. The fraction of sp³-hybridized carbons (Fsp3) is 0.429. The lowest BCUT2D eigenvalue weighted by atomic mass is 10.3. The van der Waals surface area contributed by atoms with Crippen LogP contribution in [-0.4, -0.2) is 15.9 Å². The molecule has 0 aliphatic rings. The minimum absolute atomic E-state index is 0.472. The van der Waals surface area contributed by atoms with Gasteiger partial charge in [0.05, 0.1) is 0 Å². The lowest BCUT2D eigenvalue weighted by Crippen LogP contribution is -1.96. The first-order valence-electron chi connectivity index (χ1n) is 3.28. The molecule has 1 heterocycles. The number of nitrogens with zero attached hydrogens (tertiary/aromatic N) is 2. The maximum absolute atomic E-state index is 8.43. The van der Waals surface area contributed by atoms with E-state index >= 15 is 0 Å². The normalized spacial score (nSPS) is 12.1. The highest BCUT2D eigenvalue weighted by molar-refractivity contribution is 5.97. The highest BCUT2D eigenvalue weighted by atomic mass is 16.4. The van der Waals surface area contributed by atoms with Crippen molar-refractivity contribution in [2.45, 2.75) is 20.8 Å². The smallest absolute Gasteiger partial charge is 0.191 e. The van der Waals surface area contributed by atoms with Crippen molar-refractivity contribution in [3.05, 3.63) is 17.3 Å². The van der Waals surface area contributed by atoms with Gasteiger partial charge in [-0.3, -0.25) is 0 Å². The molecule has 0 unspecified atom stereocenters. The molecule has 1 rings (SSSR count). The summed E-state index contributed by atoms with van der Waals surface area (Å²) in [6, 6.07) is 0. The lowest BCUT2D eigenvalue weighted by molar-refractivity contribution is 0.319. The van der Waals surface area contributed by atoms with Crippen LogP contribution in [0.25, 0.3) is 0 Å². The molecule has 0 aliphatic carbocycles. The van der Waals surface area contributed by atoms with E-state index in [9.17, 15) is 0 Å². The summed E-state index contributed by atoms with van der Waals surface area (Å²) in [5.41, 5.74) is 1.09. The van der Waals surface area contributed by atoms with Crippen LogP contribution < -0.4 is 0 Å². The van der Waals surface area contributed by atoms with Gasteiger partial charge < -0.3 is 9.62 Å². The standard InChI is InChI=1S/C7H10N2O2/c1-4(9-10)7-5(2)11-6(3)8-7/h10H,1-3H3/b9-4+. The Morgan fingerprint density at radius 3 is 2.55 bits per heavy atom. The summed E-state index contributed by atoms with van der Waals surface area (Å²) in [5.74, 6) is 1.26. The number of oxazole rings is 1. The molecular formula is C7H10N2O2.